The minimum absolute atomic E-state index is 0.0976. The van der Waals surface area contributed by atoms with Gasteiger partial charge in [-0.15, -0.1) is 0 Å². The number of allylic oxidation sites excluding steroid dienone is 2. The smallest absolute Gasteiger partial charge is 0.261 e. The van der Waals surface area contributed by atoms with Gasteiger partial charge in [-0.05, 0) is 42.7 Å². The predicted octanol–water partition coefficient (Wildman–Crippen LogP) is 3.88. The number of nitrogens with zero attached hydrogens (tertiary/aromatic N) is 2. The Bertz CT molecular complexity index is 871. The third kappa shape index (κ3) is 6.48. The molecule has 27 heavy (non-hydrogen) atoms. The number of benzene rings is 2. The van der Waals surface area contributed by atoms with Crippen LogP contribution in [0.4, 0.5) is 5.69 Å². The lowest BCUT2D eigenvalue weighted by Gasteiger charge is -2.11. The first-order valence-corrected chi connectivity index (χ1v) is 8.89. The van der Waals surface area contributed by atoms with E-state index >= 15 is 0 Å². The molecule has 0 aliphatic heterocycles. The summed E-state index contributed by atoms with van der Waals surface area (Å²) >= 11 is 0. The van der Waals surface area contributed by atoms with Crippen molar-refractivity contribution in [1.29, 1.82) is 5.26 Å². The third-order valence-corrected chi connectivity index (χ3v) is 4.11. The van der Waals surface area contributed by atoms with E-state index in [1.807, 2.05) is 80.5 Å². The summed E-state index contributed by atoms with van der Waals surface area (Å²) in [6, 6.07) is 18.2. The van der Waals surface area contributed by atoms with E-state index < -0.39 is 0 Å². The first-order chi connectivity index (χ1) is 13.0. The second-order valence-electron chi connectivity index (χ2n) is 6.53. The molecule has 0 saturated carbocycles. The maximum atomic E-state index is 12.2. The average Bonchev–Trinajstić information content (AvgIpc) is 2.65. The van der Waals surface area contributed by atoms with Crippen LogP contribution in [0.1, 0.15) is 16.7 Å². The number of anilines is 1. The quantitative estimate of drug-likeness (QED) is 0.464. The normalized spacial score (nSPS) is 11.3. The molecule has 0 radical (unpaired) electrons. The molecule has 0 aliphatic rings. The van der Waals surface area contributed by atoms with Crippen molar-refractivity contribution in [3.05, 3.63) is 82.9 Å². The lowest BCUT2D eigenvalue weighted by Crippen LogP contribution is -2.26. The van der Waals surface area contributed by atoms with Crippen molar-refractivity contribution >= 4 is 17.7 Å². The Morgan fingerprint density at radius 1 is 1.19 bits per heavy atom. The summed E-state index contributed by atoms with van der Waals surface area (Å²) in [6.07, 6.45) is 5.88. The van der Waals surface area contributed by atoms with Crippen LogP contribution in [0, 0.1) is 18.3 Å². The van der Waals surface area contributed by atoms with Gasteiger partial charge >= 0.3 is 0 Å². The summed E-state index contributed by atoms with van der Waals surface area (Å²) in [4.78, 5) is 14.2. The molecule has 2 aromatic rings. The Balaban J connectivity index is 1.90. The Morgan fingerprint density at radius 3 is 2.56 bits per heavy atom. The van der Waals surface area contributed by atoms with E-state index in [-0.39, 0.29) is 11.5 Å². The zero-order valence-electron chi connectivity index (χ0n) is 16.1. The van der Waals surface area contributed by atoms with Gasteiger partial charge in [-0.2, -0.15) is 5.26 Å². The molecule has 4 heteroatoms. The highest BCUT2D eigenvalue weighted by Gasteiger charge is 2.06. The second kappa shape index (κ2) is 9.98. The van der Waals surface area contributed by atoms with E-state index in [0.717, 1.165) is 17.7 Å². The van der Waals surface area contributed by atoms with Crippen molar-refractivity contribution in [3.63, 3.8) is 0 Å². The van der Waals surface area contributed by atoms with Crippen LogP contribution in [0.25, 0.3) is 6.08 Å². The van der Waals surface area contributed by atoms with Crippen LogP contribution in [-0.4, -0.2) is 26.5 Å². The highest BCUT2D eigenvalue weighted by atomic mass is 16.1. The number of aryl methyl sites for hydroxylation is 1. The Labute approximate surface area is 161 Å². The molecule has 1 amide bonds. The van der Waals surface area contributed by atoms with Gasteiger partial charge < -0.3 is 10.2 Å². The van der Waals surface area contributed by atoms with E-state index in [1.165, 1.54) is 11.1 Å². The van der Waals surface area contributed by atoms with Crippen LogP contribution >= 0.6 is 0 Å². The number of carbonyl (C=O) groups is 1. The molecule has 138 valence electrons. The van der Waals surface area contributed by atoms with Crippen molar-refractivity contribution in [3.8, 4) is 6.07 Å². The molecular weight excluding hydrogens is 334 g/mol. The monoisotopic (exact) mass is 359 g/mol. The van der Waals surface area contributed by atoms with E-state index in [4.69, 9.17) is 0 Å². The van der Waals surface area contributed by atoms with Gasteiger partial charge in [0.15, 0.2) is 0 Å². The van der Waals surface area contributed by atoms with Crippen molar-refractivity contribution in [2.45, 2.75) is 13.3 Å². The fourth-order valence-corrected chi connectivity index (χ4v) is 2.59. The minimum atomic E-state index is -0.349. The van der Waals surface area contributed by atoms with E-state index in [2.05, 4.69) is 11.4 Å². The van der Waals surface area contributed by atoms with Crippen LogP contribution in [0.3, 0.4) is 0 Å². The molecule has 2 rings (SSSR count). The molecule has 0 spiro atoms. The van der Waals surface area contributed by atoms with Crippen molar-refractivity contribution in [1.82, 2.24) is 5.32 Å². The van der Waals surface area contributed by atoms with Gasteiger partial charge in [0.2, 0.25) is 0 Å². The average molecular weight is 359 g/mol. The lowest BCUT2D eigenvalue weighted by atomic mass is 10.1. The fraction of sp³-hybridized carbons (Fsp3) is 0.217. The summed E-state index contributed by atoms with van der Waals surface area (Å²) in [6.45, 7) is 2.54. The van der Waals surface area contributed by atoms with Gasteiger partial charge in [-0.3, -0.25) is 4.79 Å². The number of amides is 1. The highest BCUT2D eigenvalue weighted by Crippen LogP contribution is 2.13. The number of nitrogens with one attached hydrogen (secondary N) is 1. The number of carbonyl (C=O) groups excluding carboxylic acids is 1. The SMILES string of the molecule is Cc1cccc(CCNC(=O)/C(C#N)=C/C=C/c2ccc(N(C)C)cc2)c1. The van der Waals surface area contributed by atoms with Gasteiger partial charge in [0.25, 0.3) is 5.91 Å². The standard InChI is InChI=1S/C23H25N3O/c1-18-6-4-8-20(16-18)14-15-25-23(27)21(17-24)9-5-7-19-10-12-22(13-11-19)26(2)3/h4-13,16H,14-15H2,1-3H3,(H,25,27)/b7-5+,21-9+. The van der Waals surface area contributed by atoms with Crippen molar-refractivity contribution in [2.24, 2.45) is 0 Å². The van der Waals surface area contributed by atoms with E-state index in [0.29, 0.717) is 6.54 Å². The number of hydrogen-bond donors (Lipinski definition) is 1. The first kappa shape index (κ1) is 20.0. The first-order valence-electron chi connectivity index (χ1n) is 8.89. The van der Waals surface area contributed by atoms with Gasteiger partial charge in [0.1, 0.15) is 11.6 Å². The Hall–Kier alpha value is -3.32. The summed E-state index contributed by atoms with van der Waals surface area (Å²) in [5, 5.41) is 12.0. The molecule has 1 N–H and O–H groups in total. The molecule has 0 aliphatic carbocycles. The minimum Gasteiger partial charge on any atom is -0.378 e. The van der Waals surface area contributed by atoms with Gasteiger partial charge in [0.05, 0.1) is 0 Å². The molecule has 0 atom stereocenters. The van der Waals surface area contributed by atoms with Crippen LogP contribution in [0.2, 0.25) is 0 Å². The summed E-state index contributed by atoms with van der Waals surface area (Å²) in [5.41, 5.74) is 4.59. The van der Waals surface area contributed by atoms with Crippen LogP contribution in [0.15, 0.2) is 66.3 Å². The largest absolute Gasteiger partial charge is 0.378 e. The highest BCUT2D eigenvalue weighted by molar-refractivity contribution is 5.97. The number of nitriles is 1. The third-order valence-electron chi connectivity index (χ3n) is 4.11. The molecule has 2 aromatic carbocycles. The molecule has 4 nitrogen and oxygen atoms in total. The lowest BCUT2D eigenvalue weighted by molar-refractivity contribution is -0.117. The summed E-state index contributed by atoms with van der Waals surface area (Å²) in [7, 11) is 3.98. The van der Waals surface area contributed by atoms with Gasteiger partial charge in [0, 0.05) is 26.3 Å². The zero-order valence-corrected chi connectivity index (χ0v) is 16.1. The fourth-order valence-electron chi connectivity index (χ4n) is 2.59. The number of hydrogen-bond acceptors (Lipinski definition) is 3. The molecule has 0 fully saturated rings. The molecule has 0 bridgehead atoms. The molecule has 0 heterocycles. The van der Waals surface area contributed by atoms with E-state index in [1.54, 1.807) is 12.2 Å². The zero-order chi connectivity index (χ0) is 19.6. The maximum absolute atomic E-state index is 12.2. The summed E-state index contributed by atoms with van der Waals surface area (Å²) in [5.74, 6) is -0.349. The topological polar surface area (TPSA) is 56.1 Å². The van der Waals surface area contributed by atoms with Crippen molar-refractivity contribution < 1.29 is 4.79 Å². The Morgan fingerprint density at radius 2 is 1.93 bits per heavy atom. The Kier molecular flexibility index (Phi) is 7.39. The summed E-state index contributed by atoms with van der Waals surface area (Å²) < 4.78 is 0. The molecule has 0 unspecified atom stereocenters. The number of rotatable bonds is 7. The van der Waals surface area contributed by atoms with Crippen molar-refractivity contribution in [2.75, 3.05) is 25.5 Å². The second-order valence-corrected chi connectivity index (χ2v) is 6.53. The van der Waals surface area contributed by atoms with Gasteiger partial charge in [-0.1, -0.05) is 54.1 Å². The predicted molar refractivity (Wildman–Crippen MR) is 111 cm³/mol. The molecular formula is C23H25N3O. The van der Waals surface area contributed by atoms with Crippen LogP contribution < -0.4 is 10.2 Å². The van der Waals surface area contributed by atoms with Crippen LogP contribution in [-0.2, 0) is 11.2 Å². The maximum Gasteiger partial charge on any atom is 0.261 e. The van der Waals surface area contributed by atoms with Crippen LogP contribution in [0.5, 0.6) is 0 Å². The van der Waals surface area contributed by atoms with E-state index in [9.17, 15) is 10.1 Å². The van der Waals surface area contributed by atoms with Gasteiger partial charge in [-0.25, -0.2) is 0 Å². The molecule has 0 saturated heterocycles. The molecule has 0 aromatic heterocycles.